The highest BCUT2D eigenvalue weighted by Gasteiger charge is 2.32. The summed E-state index contributed by atoms with van der Waals surface area (Å²) < 4.78 is 18.8. The van der Waals surface area contributed by atoms with E-state index in [9.17, 15) is 19.1 Å². The molecule has 0 unspecified atom stereocenters. The zero-order valence-corrected chi connectivity index (χ0v) is 13.3. The monoisotopic (exact) mass is 376 g/mol. The van der Waals surface area contributed by atoms with Crippen LogP contribution in [0.5, 0.6) is 5.75 Å². The Morgan fingerprint density at radius 1 is 1.17 bits per heavy atom. The van der Waals surface area contributed by atoms with E-state index in [1.54, 1.807) is 12.1 Å². The van der Waals surface area contributed by atoms with Crippen molar-refractivity contribution in [1.82, 2.24) is 0 Å². The summed E-state index contributed by atoms with van der Waals surface area (Å²) >= 11 is 3.02. The molecule has 0 bridgehead atoms. The van der Waals surface area contributed by atoms with E-state index in [1.165, 1.54) is 24.3 Å². The molecule has 4 nitrogen and oxygen atoms in total. The standard InChI is InChI=1S/C17H10BrFO4/c18-13-6-3-10(7-14(13)19)16(21)15-12(8-23-17(15)22)9-1-4-11(20)5-2-9/h1-7,20H,8H2. The Morgan fingerprint density at radius 3 is 2.52 bits per heavy atom. The van der Waals surface area contributed by atoms with Gasteiger partial charge in [0.1, 0.15) is 23.7 Å². The summed E-state index contributed by atoms with van der Waals surface area (Å²) in [6, 6.07) is 9.98. The van der Waals surface area contributed by atoms with Gasteiger partial charge in [-0.3, -0.25) is 4.79 Å². The molecule has 0 saturated carbocycles. The van der Waals surface area contributed by atoms with Crippen LogP contribution in [0.15, 0.2) is 52.5 Å². The highest BCUT2D eigenvalue weighted by Crippen LogP contribution is 2.30. The molecule has 0 fully saturated rings. The van der Waals surface area contributed by atoms with E-state index < -0.39 is 17.6 Å². The molecule has 0 atom stereocenters. The maximum absolute atomic E-state index is 13.6. The number of hydrogen-bond donors (Lipinski definition) is 1. The number of esters is 1. The minimum atomic E-state index is -0.735. The molecule has 116 valence electrons. The number of cyclic esters (lactones) is 1. The maximum Gasteiger partial charge on any atom is 0.342 e. The van der Waals surface area contributed by atoms with Gasteiger partial charge in [0.15, 0.2) is 0 Å². The summed E-state index contributed by atoms with van der Waals surface area (Å²) in [7, 11) is 0. The number of ketones is 1. The first-order valence-corrected chi connectivity index (χ1v) is 7.46. The molecule has 0 aromatic heterocycles. The molecule has 0 radical (unpaired) electrons. The van der Waals surface area contributed by atoms with E-state index in [-0.39, 0.29) is 28.0 Å². The van der Waals surface area contributed by atoms with Crippen molar-refractivity contribution >= 4 is 33.3 Å². The smallest absolute Gasteiger partial charge is 0.342 e. The van der Waals surface area contributed by atoms with Crippen LogP contribution in [0.2, 0.25) is 0 Å². The normalized spacial score (nSPS) is 14.1. The number of rotatable bonds is 3. The minimum Gasteiger partial charge on any atom is -0.508 e. The van der Waals surface area contributed by atoms with Crippen LogP contribution in [0.3, 0.4) is 0 Å². The van der Waals surface area contributed by atoms with E-state index in [0.717, 1.165) is 6.07 Å². The van der Waals surface area contributed by atoms with E-state index >= 15 is 0 Å². The van der Waals surface area contributed by atoms with Crippen molar-refractivity contribution in [2.45, 2.75) is 0 Å². The van der Waals surface area contributed by atoms with E-state index in [0.29, 0.717) is 11.1 Å². The summed E-state index contributed by atoms with van der Waals surface area (Å²) in [5.41, 5.74) is 0.964. The van der Waals surface area contributed by atoms with Gasteiger partial charge in [0.05, 0.1) is 4.47 Å². The number of hydrogen-bond acceptors (Lipinski definition) is 4. The summed E-state index contributed by atoms with van der Waals surface area (Å²) in [5, 5.41) is 9.33. The zero-order chi connectivity index (χ0) is 16.6. The Balaban J connectivity index is 2.07. The van der Waals surface area contributed by atoms with E-state index in [2.05, 4.69) is 15.9 Å². The fourth-order valence-electron chi connectivity index (χ4n) is 2.31. The van der Waals surface area contributed by atoms with E-state index in [4.69, 9.17) is 4.74 Å². The molecular formula is C17H10BrFO4. The maximum atomic E-state index is 13.6. The molecular weight excluding hydrogens is 367 g/mol. The van der Waals surface area contributed by atoms with Gasteiger partial charge in [0, 0.05) is 11.1 Å². The molecule has 2 aromatic rings. The highest BCUT2D eigenvalue weighted by atomic mass is 79.9. The van der Waals surface area contributed by atoms with Crippen molar-refractivity contribution in [3.8, 4) is 5.75 Å². The topological polar surface area (TPSA) is 63.6 Å². The largest absolute Gasteiger partial charge is 0.508 e. The molecule has 2 aromatic carbocycles. The van der Waals surface area contributed by atoms with Gasteiger partial charge in [-0.25, -0.2) is 9.18 Å². The van der Waals surface area contributed by atoms with Crippen LogP contribution in [-0.4, -0.2) is 23.5 Å². The van der Waals surface area contributed by atoms with Crippen molar-refractivity contribution in [3.05, 3.63) is 69.5 Å². The summed E-state index contributed by atoms with van der Waals surface area (Å²) in [6.07, 6.45) is 0. The number of phenolic OH excluding ortho intramolecular Hbond substituents is 1. The van der Waals surface area contributed by atoms with Gasteiger partial charge in [0.25, 0.3) is 0 Å². The number of benzene rings is 2. The number of phenols is 1. The second kappa shape index (κ2) is 5.96. The van der Waals surface area contributed by atoms with E-state index in [1.807, 2.05) is 0 Å². The third-order valence-electron chi connectivity index (χ3n) is 3.48. The van der Waals surface area contributed by atoms with Crippen molar-refractivity contribution in [2.24, 2.45) is 0 Å². The molecule has 1 aliphatic rings. The van der Waals surface area contributed by atoms with Crippen molar-refractivity contribution in [2.75, 3.05) is 6.61 Å². The second-order valence-electron chi connectivity index (χ2n) is 4.93. The lowest BCUT2D eigenvalue weighted by atomic mass is 9.96. The lowest BCUT2D eigenvalue weighted by Gasteiger charge is -2.05. The van der Waals surface area contributed by atoms with Crippen LogP contribution < -0.4 is 0 Å². The van der Waals surface area contributed by atoms with Crippen molar-refractivity contribution in [1.29, 1.82) is 0 Å². The average Bonchev–Trinajstić information content (AvgIpc) is 2.92. The Bertz CT molecular complexity index is 840. The molecule has 0 amide bonds. The Hall–Kier alpha value is -2.47. The third-order valence-corrected chi connectivity index (χ3v) is 4.12. The van der Waals surface area contributed by atoms with Crippen LogP contribution >= 0.6 is 15.9 Å². The summed E-state index contributed by atoms with van der Waals surface area (Å²) in [4.78, 5) is 24.5. The Kier molecular flexibility index (Phi) is 4.00. The van der Waals surface area contributed by atoms with Crippen molar-refractivity contribution in [3.63, 3.8) is 0 Å². The predicted octanol–water partition coefficient (Wildman–Crippen LogP) is 3.49. The fraction of sp³-hybridized carbons (Fsp3) is 0.0588. The number of ether oxygens (including phenoxy) is 1. The zero-order valence-electron chi connectivity index (χ0n) is 11.7. The Morgan fingerprint density at radius 2 is 1.87 bits per heavy atom. The van der Waals surface area contributed by atoms with Gasteiger partial charge < -0.3 is 9.84 Å². The fourth-order valence-corrected chi connectivity index (χ4v) is 2.55. The van der Waals surface area contributed by atoms with Crippen LogP contribution in [0.4, 0.5) is 4.39 Å². The van der Waals surface area contributed by atoms with Gasteiger partial charge >= 0.3 is 5.97 Å². The first-order chi connectivity index (χ1) is 11.0. The number of halogens is 2. The summed E-state index contributed by atoms with van der Waals surface area (Å²) in [6.45, 7) is -0.0380. The van der Waals surface area contributed by atoms with Crippen LogP contribution in [0.25, 0.3) is 5.57 Å². The van der Waals surface area contributed by atoms with Gasteiger partial charge in [-0.2, -0.15) is 0 Å². The predicted molar refractivity (Wildman–Crippen MR) is 84.4 cm³/mol. The van der Waals surface area contributed by atoms with Crippen molar-refractivity contribution < 1.29 is 23.8 Å². The molecule has 1 heterocycles. The average molecular weight is 377 g/mol. The quantitative estimate of drug-likeness (QED) is 0.505. The van der Waals surface area contributed by atoms with Gasteiger partial charge in [0.2, 0.25) is 5.78 Å². The number of carbonyl (C=O) groups is 2. The second-order valence-corrected chi connectivity index (χ2v) is 5.79. The first kappa shape index (κ1) is 15.4. The SMILES string of the molecule is O=C1OCC(c2ccc(O)cc2)=C1C(=O)c1ccc(Br)c(F)c1. The molecule has 0 spiro atoms. The molecule has 3 rings (SSSR count). The lowest BCUT2D eigenvalue weighted by molar-refractivity contribution is -0.135. The third kappa shape index (κ3) is 2.90. The number of carbonyl (C=O) groups excluding carboxylic acids is 2. The molecule has 1 N–H and O–H groups in total. The van der Waals surface area contributed by atoms with Gasteiger partial charge in [-0.15, -0.1) is 0 Å². The first-order valence-electron chi connectivity index (χ1n) is 6.67. The van der Waals surface area contributed by atoms with Gasteiger partial charge in [-0.05, 0) is 51.8 Å². The minimum absolute atomic E-state index is 0.0380. The Labute approximate surface area is 139 Å². The molecule has 6 heteroatoms. The highest BCUT2D eigenvalue weighted by molar-refractivity contribution is 9.10. The molecule has 0 saturated heterocycles. The molecule has 0 aliphatic carbocycles. The van der Waals surface area contributed by atoms with Crippen LogP contribution in [-0.2, 0) is 9.53 Å². The number of Topliss-reactive ketones (excluding diaryl/α,β-unsaturated/α-hetero) is 1. The van der Waals surface area contributed by atoms with Crippen LogP contribution in [0.1, 0.15) is 15.9 Å². The number of aromatic hydroxyl groups is 1. The molecule has 1 aliphatic heterocycles. The molecule has 23 heavy (non-hydrogen) atoms. The summed E-state index contributed by atoms with van der Waals surface area (Å²) in [5.74, 6) is -1.85. The lowest BCUT2D eigenvalue weighted by Crippen LogP contribution is -2.11. The van der Waals surface area contributed by atoms with Gasteiger partial charge in [-0.1, -0.05) is 12.1 Å². The van der Waals surface area contributed by atoms with Crippen LogP contribution in [0, 0.1) is 5.82 Å².